The van der Waals surface area contributed by atoms with Crippen LogP contribution in [0.15, 0.2) is 30.5 Å². The Morgan fingerprint density at radius 2 is 1.32 bits per heavy atom. The first-order valence-corrected chi connectivity index (χ1v) is 17.8. The first kappa shape index (κ1) is 44.1. The zero-order valence-electron chi connectivity index (χ0n) is 31.1. The molecule has 17 heteroatoms. The number of aromatic nitrogens is 1. The second kappa shape index (κ2) is 20.9. The van der Waals surface area contributed by atoms with Crippen LogP contribution < -0.4 is 32.3 Å². The number of carbonyl (C=O) groups excluding carboxylic acids is 5. The number of aliphatic hydroxyl groups excluding tert-OH is 1. The number of nitrogens with two attached hydrogens (primary N) is 1. The maximum absolute atomic E-state index is 14.0. The Bertz CT molecular complexity index is 1590. The Balaban J connectivity index is 2.38. The lowest BCUT2D eigenvalue weighted by Crippen LogP contribution is -2.61. The van der Waals surface area contributed by atoms with Crippen molar-refractivity contribution in [2.24, 2.45) is 23.5 Å². The van der Waals surface area contributed by atoms with Gasteiger partial charge in [-0.1, -0.05) is 66.2 Å². The average molecular weight is 746 g/mol. The Hall–Kier alpha value is -5.03. The zero-order chi connectivity index (χ0) is 40.0. The molecule has 0 aliphatic heterocycles. The Kier molecular flexibility index (Phi) is 17.4. The van der Waals surface area contributed by atoms with E-state index >= 15 is 0 Å². The molecule has 0 spiro atoms. The van der Waals surface area contributed by atoms with Crippen molar-refractivity contribution in [3.05, 3.63) is 36.0 Å². The largest absolute Gasteiger partial charge is 0.481 e. The van der Waals surface area contributed by atoms with Crippen LogP contribution in [0.2, 0.25) is 0 Å². The summed E-state index contributed by atoms with van der Waals surface area (Å²) in [5, 5.41) is 42.1. The van der Waals surface area contributed by atoms with Crippen LogP contribution in [-0.4, -0.2) is 105 Å². The molecule has 7 atom stereocenters. The van der Waals surface area contributed by atoms with Crippen molar-refractivity contribution in [3.63, 3.8) is 0 Å². The molecule has 0 radical (unpaired) electrons. The number of H-pyrrole nitrogens is 1. The van der Waals surface area contributed by atoms with Crippen LogP contribution in [-0.2, 0) is 40.0 Å². The average Bonchev–Trinajstić information content (AvgIpc) is 3.51. The van der Waals surface area contributed by atoms with Crippen molar-refractivity contribution < 1.29 is 48.9 Å². The number of nitrogens with one attached hydrogen (secondary N) is 6. The lowest BCUT2D eigenvalue weighted by atomic mass is 9.95. The zero-order valence-corrected chi connectivity index (χ0v) is 31.1. The molecule has 17 nitrogen and oxygen atoms in total. The highest BCUT2D eigenvalue weighted by Gasteiger charge is 2.35. The minimum Gasteiger partial charge on any atom is -0.481 e. The molecular weight excluding hydrogens is 690 g/mol. The van der Waals surface area contributed by atoms with Gasteiger partial charge in [-0.2, -0.15) is 0 Å². The minimum absolute atomic E-state index is 0.0885. The van der Waals surface area contributed by atoms with Crippen LogP contribution in [0, 0.1) is 17.8 Å². The number of hydrogen-bond acceptors (Lipinski definition) is 9. The number of carbonyl (C=O) groups is 7. The lowest BCUT2D eigenvalue weighted by Gasteiger charge is -2.29. The number of carboxylic acids is 2. The maximum Gasteiger partial charge on any atom is 0.326 e. The molecule has 1 heterocycles. The predicted molar refractivity (Wildman–Crippen MR) is 195 cm³/mol. The monoisotopic (exact) mass is 745 g/mol. The quantitative estimate of drug-likeness (QED) is 0.0774. The van der Waals surface area contributed by atoms with Gasteiger partial charge in [-0.25, -0.2) is 4.79 Å². The predicted octanol–water partition coefficient (Wildman–Crippen LogP) is 0.152. The highest BCUT2D eigenvalue weighted by Crippen LogP contribution is 2.20. The number of aliphatic carboxylic acids is 2. The first-order valence-electron chi connectivity index (χ1n) is 17.8. The number of rotatable bonds is 22. The van der Waals surface area contributed by atoms with E-state index in [1.807, 2.05) is 32.0 Å². The van der Waals surface area contributed by atoms with Crippen LogP contribution in [0.1, 0.15) is 72.8 Å². The fourth-order valence-corrected chi connectivity index (χ4v) is 5.48. The number of carboxylic acid groups (broad SMARTS) is 2. The SMILES string of the molecule is CC[C@H](C)[C@H](NC(=O)[C@H](CC(C)C)NC(=O)[C@H](CO)NC(=O)[C@@H](N)C(C)C)C(=O)N[C@@H](Cc1c[nH]c2ccccc12)C(=O)N[C@@H](CCC(=O)O)C(=O)O. The van der Waals surface area contributed by atoms with Crippen molar-refractivity contribution in [3.8, 4) is 0 Å². The molecule has 11 N–H and O–H groups in total. The standard InChI is InChI=1S/C36H55N7O10/c1-7-20(6)30(43-32(48)25(14-18(2)3)40-33(49)27(17-44)42-34(50)29(37)19(4)5)35(51)41-26(15-21-16-38-23-11-9-8-10-22(21)23)31(47)39-24(36(52)53)12-13-28(45)46/h8-11,16,18-20,24-27,29-30,38,44H,7,12-15,17,37H2,1-6H3,(H,39,47)(H,40,49)(H,41,51)(H,42,50)(H,43,48)(H,45,46)(H,52,53)/t20-,24-,25-,26-,27-,29-,30-/m0/s1. The molecule has 0 fully saturated rings. The summed E-state index contributed by atoms with van der Waals surface area (Å²) in [5.74, 6) is -7.43. The van der Waals surface area contributed by atoms with E-state index in [1.54, 1.807) is 40.0 Å². The molecule has 1 aromatic carbocycles. The third-order valence-corrected chi connectivity index (χ3v) is 8.96. The van der Waals surface area contributed by atoms with Gasteiger partial charge in [0.15, 0.2) is 0 Å². The number of amides is 5. The van der Waals surface area contributed by atoms with Gasteiger partial charge in [0.2, 0.25) is 29.5 Å². The van der Waals surface area contributed by atoms with Crippen molar-refractivity contribution >= 4 is 52.4 Å². The summed E-state index contributed by atoms with van der Waals surface area (Å²) in [7, 11) is 0. The molecular formula is C36H55N7O10. The van der Waals surface area contributed by atoms with Gasteiger partial charge >= 0.3 is 11.9 Å². The smallest absolute Gasteiger partial charge is 0.326 e. The lowest BCUT2D eigenvalue weighted by molar-refractivity contribution is -0.143. The van der Waals surface area contributed by atoms with E-state index in [0.717, 1.165) is 10.9 Å². The second-order valence-electron chi connectivity index (χ2n) is 14.0. The molecule has 0 aliphatic rings. The normalized spacial score (nSPS) is 15.4. The van der Waals surface area contributed by atoms with Crippen molar-refractivity contribution in [1.82, 2.24) is 31.6 Å². The number of benzene rings is 1. The first-order chi connectivity index (χ1) is 24.9. The van der Waals surface area contributed by atoms with Crippen LogP contribution in [0.3, 0.4) is 0 Å². The van der Waals surface area contributed by atoms with Gasteiger partial charge < -0.3 is 52.6 Å². The van der Waals surface area contributed by atoms with E-state index in [0.29, 0.717) is 12.0 Å². The van der Waals surface area contributed by atoms with Gasteiger partial charge in [0.25, 0.3) is 0 Å². The number of fused-ring (bicyclic) bond motifs is 1. The topological polar surface area (TPSA) is 282 Å². The molecule has 1 aromatic heterocycles. The van der Waals surface area contributed by atoms with Crippen LogP contribution in [0.5, 0.6) is 0 Å². The molecule has 294 valence electrons. The molecule has 2 aromatic rings. The minimum atomic E-state index is -1.56. The van der Waals surface area contributed by atoms with Gasteiger partial charge in [0, 0.05) is 29.9 Å². The molecule has 2 rings (SSSR count). The molecule has 0 saturated heterocycles. The summed E-state index contributed by atoms with van der Waals surface area (Å²) in [6.45, 7) is 9.79. The molecule has 53 heavy (non-hydrogen) atoms. The number of aliphatic hydroxyl groups is 1. The van der Waals surface area contributed by atoms with Crippen molar-refractivity contribution in [2.45, 2.75) is 110 Å². The van der Waals surface area contributed by atoms with Crippen LogP contribution in [0.25, 0.3) is 10.9 Å². The van der Waals surface area contributed by atoms with E-state index in [4.69, 9.17) is 10.8 Å². The second-order valence-corrected chi connectivity index (χ2v) is 14.0. The Morgan fingerprint density at radius 3 is 1.89 bits per heavy atom. The number of aromatic amines is 1. The van der Waals surface area contributed by atoms with Gasteiger partial charge in [0.1, 0.15) is 30.2 Å². The molecule has 5 amide bonds. The van der Waals surface area contributed by atoms with Gasteiger partial charge in [-0.05, 0) is 42.2 Å². The van der Waals surface area contributed by atoms with E-state index in [1.165, 1.54) is 0 Å². The fourth-order valence-electron chi connectivity index (χ4n) is 5.48. The van der Waals surface area contributed by atoms with E-state index in [2.05, 4.69) is 31.6 Å². The number of para-hydroxylation sites is 1. The molecule has 0 unspecified atom stereocenters. The highest BCUT2D eigenvalue weighted by atomic mass is 16.4. The Labute approximate surface area is 308 Å². The van der Waals surface area contributed by atoms with Crippen LogP contribution in [0.4, 0.5) is 0 Å². The van der Waals surface area contributed by atoms with Crippen molar-refractivity contribution in [2.75, 3.05) is 6.61 Å². The summed E-state index contributed by atoms with van der Waals surface area (Å²) in [6.07, 6.45) is 1.18. The number of hydrogen-bond donors (Lipinski definition) is 10. The Morgan fingerprint density at radius 1 is 0.755 bits per heavy atom. The van der Waals surface area contributed by atoms with E-state index in [-0.39, 0.29) is 24.7 Å². The summed E-state index contributed by atoms with van der Waals surface area (Å²) in [6, 6.07) is -0.448. The fraction of sp³-hybridized carbons (Fsp3) is 0.583. The highest BCUT2D eigenvalue weighted by molar-refractivity contribution is 5.97. The third-order valence-electron chi connectivity index (χ3n) is 8.96. The van der Waals surface area contributed by atoms with Crippen LogP contribution >= 0.6 is 0 Å². The van der Waals surface area contributed by atoms with Gasteiger partial charge in [-0.3, -0.25) is 28.8 Å². The van der Waals surface area contributed by atoms with Gasteiger partial charge in [0.05, 0.1) is 12.6 Å². The third kappa shape index (κ3) is 13.5. The summed E-state index contributed by atoms with van der Waals surface area (Å²) in [4.78, 5) is 93.2. The van der Waals surface area contributed by atoms with Gasteiger partial charge in [-0.15, -0.1) is 0 Å². The summed E-state index contributed by atoms with van der Waals surface area (Å²) >= 11 is 0. The molecule has 0 aliphatic carbocycles. The molecule has 0 saturated carbocycles. The van der Waals surface area contributed by atoms with Crippen molar-refractivity contribution in [1.29, 1.82) is 0 Å². The summed E-state index contributed by atoms with van der Waals surface area (Å²) in [5.41, 5.74) is 7.26. The molecule has 0 bridgehead atoms. The maximum atomic E-state index is 14.0. The van der Waals surface area contributed by atoms with E-state index < -0.39 is 103 Å². The van der Waals surface area contributed by atoms with E-state index in [9.17, 15) is 43.8 Å². The summed E-state index contributed by atoms with van der Waals surface area (Å²) < 4.78 is 0.